The molecule has 1 N–H and O–H groups in total. The van der Waals surface area contributed by atoms with Crippen molar-refractivity contribution in [1.29, 1.82) is 0 Å². The van der Waals surface area contributed by atoms with Crippen LogP contribution in [-0.2, 0) is 11.2 Å². The fraction of sp³-hybridized carbons (Fsp3) is 0.381. The van der Waals surface area contributed by atoms with Crippen LogP contribution in [0.25, 0.3) is 0 Å². The molecule has 2 aromatic rings. The number of aromatic nitrogens is 1. The van der Waals surface area contributed by atoms with Gasteiger partial charge in [0.05, 0.1) is 12.0 Å². The minimum absolute atomic E-state index is 0.0871. The number of aryl methyl sites for hydroxylation is 1. The average Bonchev–Trinajstić information content (AvgIpc) is 2.69. The monoisotopic (exact) mass is 351 g/mol. The van der Waals surface area contributed by atoms with Crippen LogP contribution in [0.1, 0.15) is 34.3 Å². The highest BCUT2D eigenvalue weighted by molar-refractivity contribution is 5.93. The van der Waals surface area contributed by atoms with E-state index in [-0.39, 0.29) is 11.8 Å². The quantitative estimate of drug-likeness (QED) is 0.901. The molecule has 0 saturated carbocycles. The molecule has 0 unspecified atom stereocenters. The number of benzene rings is 1. The molecular formula is C21H25N3O2. The first-order valence-electron chi connectivity index (χ1n) is 9.13. The highest BCUT2D eigenvalue weighted by Crippen LogP contribution is 2.18. The summed E-state index contributed by atoms with van der Waals surface area (Å²) >= 11 is 0. The molecule has 2 amide bonds. The number of amides is 2. The standard InChI is InChI=1S/C21H25N3O2/c1-16-4-6-17(7-5-16)13-20(25)24-11-8-18(9-12-24)14-23-21(26)19-3-2-10-22-15-19/h2-7,10,15,18H,8-9,11-14H2,1H3,(H,23,26). The summed E-state index contributed by atoms with van der Waals surface area (Å²) in [6.07, 6.45) is 5.53. The zero-order valence-electron chi connectivity index (χ0n) is 15.1. The summed E-state index contributed by atoms with van der Waals surface area (Å²) in [5, 5.41) is 2.98. The van der Waals surface area contributed by atoms with Gasteiger partial charge in [-0.3, -0.25) is 14.6 Å². The van der Waals surface area contributed by atoms with Crippen LogP contribution in [0.2, 0.25) is 0 Å². The maximum Gasteiger partial charge on any atom is 0.252 e. The number of rotatable bonds is 5. The Labute approximate surface area is 154 Å². The van der Waals surface area contributed by atoms with Crippen molar-refractivity contribution in [3.8, 4) is 0 Å². The maximum atomic E-state index is 12.5. The summed E-state index contributed by atoms with van der Waals surface area (Å²) in [5.41, 5.74) is 2.85. The van der Waals surface area contributed by atoms with E-state index in [1.165, 1.54) is 5.56 Å². The fourth-order valence-electron chi connectivity index (χ4n) is 3.22. The highest BCUT2D eigenvalue weighted by Gasteiger charge is 2.23. The number of likely N-dealkylation sites (tertiary alicyclic amines) is 1. The van der Waals surface area contributed by atoms with Gasteiger partial charge < -0.3 is 10.2 Å². The Balaban J connectivity index is 1.41. The van der Waals surface area contributed by atoms with E-state index in [0.29, 0.717) is 24.4 Å². The number of piperidine rings is 1. The number of carbonyl (C=O) groups is 2. The van der Waals surface area contributed by atoms with Crippen LogP contribution < -0.4 is 5.32 Å². The lowest BCUT2D eigenvalue weighted by atomic mass is 9.96. The van der Waals surface area contributed by atoms with Crippen molar-refractivity contribution in [1.82, 2.24) is 15.2 Å². The molecule has 1 saturated heterocycles. The van der Waals surface area contributed by atoms with Gasteiger partial charge >= 0.3 is 0 Å². The van der Waals surface area contributed by atoms with Gasteiger partial charge in [0.15, 0.2) is 0 Å². The predicted octanol–water partition coefficient (Wildman–Crippen LogP) is 2.60. The van der Waals surface area contributed by atoms with E-state index in [1.54, 1.807) is 24.5 Å². The minimum Gasteiger partial charge on any atom is -0.352 e. The van der Waals surface area contributed by atoms with E-state index in [0.717, 1.165) is 31.5 Å². The third-order valence-electron chi connectivity index (χ3n) is 4.92. The van der Waals surface area contributed by atoms with Gasteiger partial charge in [-0.2, -0.15) is 0 Å². The van der Waals surface area contributed by atoms with Gasteiger partial charge in [0.2, 0.25) is 5.91 Å². The van der Waals surface area contributed by atoms with Gasteiger partial charge in [-0.25, -0.2) is 0 Å². The van der Waals surface area contributed by atoms with Gasteiger partial charge in [-0.05, 0) is 43.4 Å². The zero-order valence-corrected chi connectivity index (χ0v) is 15.1. The Morgan fingerprint density at radius 3 is 2.54 bits per heavy atom. The number of hydrogen-bond acceptors (Lipinski definition) is 3. The molecule has 1 aliphatic rings. The molecule has 0 atom stereocenters. The van der Waals surface area contributed by atoms with Gasteiger partial charge in [-0.1, -0.05) is 29.8 Å². The van der Waals surface area contributed by atoms with Crippen molar-refractivity contribution >= 4 is 11.8 Å². The summed E-state index contributed by atoms with van der Waals surface area (Å²) in [7, 11) is 0. The van der Waals surface area contributed by atoms with Crippen molar-refractivity contribution < 1.29 is 9.59 Å². The smallest absolute Gasteiger partial charge is 0.252 e. The van der Waals surface area contributed by atoms with Crippen LogP contribution in [0.3, 0.4) is 0 Å². The van der Waals surface area contributed by atoms with Crippen LogP contribution in [-0.4, -0.2) is 41.3 Å². The lowest BCUT2D eigenvalue weighted by molar-refractivity contribution is -0.131. The molecule has 0 spiro atoms. The zero-order chi connectivity index (χ0) is 18.4. The van der Waals surface area contributed by atoms with Gasteiger partial charge in [0.25, 0.3) is 5.91 Å². The van der Waals surface area contributed by atoms with E-state index >= 15 is 0 Å². The first-order chi connectivity index (χ1) is 12.6. The van der Waals surface area contributed by atoms with Crippen LogP contribution >= 0.6 is 0 Å². The first kappa shape index (κ1) is 18.1. The second kappa shape index (κ2) is 8.61. The van der Waals surface area contributed by atoms with E-state index in [2.05, 4.69) is 10.3 Å². The molecule has 1 aromatic heterocycles. The van der Waals surface area contributed by atoms with Crippen LogP contribution in [0.5, 0.6) is 0 Å². The third kappa shape index (κ3) is 4.91. The van der Waals surface area contributed by atoms with E-state index in [9.17, 15) is 9.59 Å². The normalized spacial score (nSPS) is 14.9. The van der Waals surface area contributed by atoms with Crippen molar-refractivity contribution in [3.63, 3.8) is 0 Å². The molecule has 3 rings (SSSR count). The predicted molar refractivity (Wildman–Crippen MR) is 101 cm³/mol. The SMILES string of the molecule is Cc1ccc(CC(=O)N2CCC(CNC(=O)c3cccnc3)CC2)cc1. The van der Waals surface area contributed by atoms with Crippen molar-refractivity contribution in [2.45, 2.75) is 26.2 Å². The van der Waals surface area contributed by atoms with E-state index < -0.39 is 0 Å². The van der Waals surface area contributed by atoms with Gasteiger partial charge in [0, 0.05) is 32.0 Å². The topological polar surface area (TPSA) is 62.3 Å². The number of carbonyl (C=O) groups excluding carboxylic acids is 2. The summed E-state index contributed by atoms with van der Waals surface area (Å²) in [4.78, 5) is 30.4. The Hall–Kier alpha value is -2.69. The molecule has 5 heteroatoms. The molecule has 1 aliphatic heterocycles. The van der Waals surface area contributed by atoms with Crippen molar-refractivity contribution in [2.75, 3.05) is 19.6 Å². The molecule has 26 heavy (non-hydrogen) atoms. The summed E-state index contributed by atoms with van der Waals surface area (Å²) in [6, 6.07) is 11.6. The molecule has 0 radical (unpaired) electrons. The third-order valence-corrected chi connectivity index (χ3v) is 4.92. The lowest BCUT2D eigenvalue weighted by Gasteiger charge is -2.32. The average molecular weight is 351 g/mol. The molecule has 136 valence electrons. The molecule has 1 fully saturated rings. The maximum absolute atomic E-state index is 12.5. The number of nitrogens with zero attached hydrogens (tertiary/aromatic N) is 2. The first-order valence-corrected chi connectivity index (χ1v) is 9.13. The number of nitrogens with one attached hydrogen (secondary N) is 1. The summed E-state index contributed by atoms with van der Waals surface area (Å²) < 4.78 is 0. The minimum atomic E-state index is -0.0871. The van der Waals surface area contributed by atoms with E-state index in [4.69, 9.17) is 0 Å². The number of hydrogen-bond donors (Lipinski definition) is 1. The Kier molecular flexibility index (Phi) is 6.00. The Morgan fingerprint density at radius 1 is 1.15 bits per heavy atom. The summed E-state index contributed by atoms with van der Waals surface area (Å²) in [6.45, 7) is 4.22. The van der Waals surface area contributed by atoms with Gasteiger partial charge in [0.1, 0.15) is 0 Å². The Bertz CT molecular complexity index is 736. The second-order valence-electron chi connectivity index (χ2n) is 6.94. The lowest BCUT2D eigenvalue weighted by Crippen LogP contribution is -2.42. The molecule has 0 bridgehead atoms. The molecule has 1 aromatic carbocycles. The highest BCUT2D eigenvalue weighted by atomic mass is 16.2. The van der Waals surface area contributed by atoms with E-state index in [1.807, 2.05) is 36.1 Å². The van der Waals surface area contributed by atoms with Crippen LogP contribution in [0.4, 0.5) is 0 Å². The van der Waals surface area contributed by atoms with Crippen LogP contribution in [0, 0.1) is 12.8 Å². The van der Waals surface area contributed by atoms with Gasteiger partial charge in [-0.15, -0.1) is 0 Å². The van der Waals surface area contributed by atoms with Crippen molar-refractivity contribution in [3.05, 3.63) is 65.5 Å². The molecule has 5 nitrogen and oxygen atoms in total. The van der Waals surface area contributed by atoms with Crippen LogP contribution in [0.15, 0.2) is 48.8 Å². The van der Waals surface area contributed by atoms with Crippen molar-refractivity contribution in [2.24, 2.45) is 5.92 Å². The second-order valence-corrected chi connectivity index (χ2v) is 6.94. The summed E-state index contributed by atoms with van der Waals surface area (Å²) in [5.74, 6) is 0.515. The molecule has 2 heterocycles. The fourth-order valence-corrected chi connectivity index (χ4v) is 3.22. The molecule has 0 aliphatic carbocycles. The molecular weight excluding hydrogens is 326 g/mol. The largest absolute Gasteiger partial charge is 0.352 e. The number of pyridine rings is 1. The Morgan fingerprint density at radius 2 is 1.88 bits per heavy atom.